The molecule has 7 nitrogen and oxygen atoms in total. The van der Waals surface area contributed by atoms with Crippen LogP contribution in [0.5, 0.6) is 0 Å². The number of hydrogen-bond acceptors (Lipinski definition) is 3. The van der Waals surface area contributed by atoms with Gasteiger partial charge in [-0.1, -0.05) is 18.2 Å². The van der Waals surface area contributed by atoms with E-state index < -0.39 is 0 Å². The highest BCUT2D eigenvalue weighted by Crippen LogP contribution is 2.29. The summed E-state index contributed by atoms with van der Waals surface area (Å²) in [7, 11) is 0. The van der Waals surface area contributed by atoms with Crippen LogP contribution in [0.25, 0.3) is 0 Å². The summed E-state index contributed by atoms with van der Waals surface area (Å²) in [6, 6.07) is 7.73. The molecule has 1 saturated heterocycles. The van der Waals surface area contributed by atoms with Crippen LogP contribution in [-0.2, 0) is 6.42 Å². The summed E-state index contributed by atoms with van der Waals surface area (Å²) in [5.74, 6) is 0.529. The van der Waals surface area contributed by atoms with Crippen LogP contribution >= 0.6 is 0 Å². The lowest BCUT2D eigenvalue weighted by atomic mass is 9.90. The molecule has 2 N–H and O–H groups in total. The van der Waals surface area contributed by atoms with Crippen molar-refractivity contribution in [1.29, 1.82) is 0 Å². The number of carbonyl (C=O) groups excluding carboxylic acids is 2. The van der Waals surface area contributed by atoms with E-state index >= 15 is 0 Å². The molecule has 2 aromatic rings. The van der Waals surface area contributed by atoms with Crippen LogP contribution in [0.4, 0.5) is 4.79 Å². The largest absolute Gasteiger partial charge is 0.337 e. The highest BCUT2D eigenvalue weighted by molar-refractivity contribution is 5.96. The number of aromatic amines is 1. The van der Waals surface area contributed by atoms with Gasteiger partial charge >= 0.3 is 6.03 Å². The Morgan fingerprint density at radius 1 is 1.25 bits per heavy atom. The number of amides is 3. The van der Waals surface area contributed by atoms with E-state index in [1.165, 1.54) is 5.56 Å². The Bertz CT molecular complexity index is 854. The number of likely N-dealkylation sites (tertiary alicyclic amines) is 1. The third kappa shape index (κ3) is 3.74. The van der Waals surface area contributed by atoms with Gasteiger partial charge in [-0.3, -0.25) is 9.89 Å². The van der Waals surface area contributed by atoms with Crippen molar-refractivity contribution in [1.82, 2.24) is 25.3 Å². The van der Waals surface area contributed by atoms with E-state index in [1.54, 1.807) is 0 Å². The number of fused-ring (bicyclic) bond motifs is 1. The first kappa shape index (κ1) is 18.5. The maximum absolute atomic E-state index is 12.6. The molecule has 4 rings (SSSR count). The number of piperidine rings is 1. The van der Waals surface area contributed by atoms with Gasteiger partial charge in [0, 0.05) is 44.0 Å². The normalized spacial score (nSPS) is 17.5. The number of aryl methyl sites for hydroxylation is 1. The minimum absolute atomic E-state index is 0.0350. The fourth-order valence-corrected chi connectivity index (χ4v) is 4.26. The van der Waals surface area contributed by atoms with Gasteiger partial charge in [0.2, 0.25) is 0 Å². The molecular weight excluding hydrogens is 354 g/mol. The number of carbonyl (C=O) groups is 2. The van der Waals surface area contributed by atoms with Gasteiger partial charge in [-0.15, -0.1) is 0 Å². The van der Waals surface area contributed by atoms with Crippen LogP contribution in [0.1, 0.15) is 45.9 Å². The van der Waals surface area contributed by atoms with Gasteiger partial charge in [0.15, 0.2) is 0 Å². The number of rotatable bonds is 4. The molecule has 148 valence electrons. The monoisotopic (exact) mass is 381 g/mol. The molecule has 0 spiro atoms. The van der Waals surface area contributed by atoms with E-state index in [9.17, 15) is 9.59 Å². The van der Waals surface area contributed by atoms with Crippen LogP contribution in [0.15, 0.2) is 30.5 Å². The molecule has 7 heteroatoms. The van der Waals surface area contributed by atoms with Gasteiger partial charge in [-0.25, -0.2) is 4.79 Å². The Morgan fingerprint density at radius 3 is 2.79 bits per heavy atom. The molecule has 0 unspecified atom stereocenters. The zero-order valence-electron chi connectivity index (χ0n) is 16.3. The molecule has 0 radical (unpaired) electrons. The average molecular weight is 381 g/mol. The SMILES string of the molecule is Cc1[nH]ncc1C1CCN(C(=O)NCCN2CCc3ccccc3C2=O)CC1. The molecule has 0 atom stereocenters. The third-order valence-electron chi connectivity index (χ3n) is 5.93. The highest BCUT2D eigenvalue weighted by Gasteiger charge is 2.26. The summed E-state index contributed by atoms with van der Waals surface area (Å²) in [6.07, 6.45) is 4.69. The predicted octanol–water partition coefficient (Wildman–Crippen LogP) is 2.31. The van der Waals surface area contributed by atoms with E-state index in [4.69, 9.17) is 0 Å². The Balaban J connectivity index is 1.23. The number of urea groups is 1. The van der Waals surface area contributed by atoms with Gasteiger partial charge in [0.1, 0.15) is 0 Å². The molecule has 3 amide bonds. The molecule has 1 fully saturated rings. The van der Waals surface area contributed by atoms with Crippen molar-refractivity contribution >= 4 is 11.9 Å². The lowest BCUT2D eigenvalue weighted by Crippen LogP contribution is -2.47. The number of aromatic nitrogens is 2. The number of nitrogens with zero attached hydrogens (tertiary/aromatic N) is 3. The van der Waals surface area contributed by atoms with Crippen LogP contribution < -0.4 is 5.32 Å². The summed E-state index contributed by atoms with van der Waals surface area (Å²) in [6.45, 7) is 5.27. The molecule has 1 aromatic carbocycles. The molecule has 2 aliphatic rings. The summed E-state index contributed by atoms with van der Waals surface area (Å²) in [5.41, 5.74) is 4.29. The van der Waals surface area contributed by atoms with Crippen molar-refractivity contribution in [2.75, 3.05) is 32.7 Å². The van der Waals surface area contributed by atoms with Crippen molar-refractivity contribution in [3.8, 4) is 0 Å². The van der Waals surface area contributed by atoms with E-state index in [0.29, 0.717) is 25.6 Å². The average Bonchev–Trinajstić information content (AvgIpc) is 3.16. The molecule has 28 heavy (non-hydrogen) atoms. The van der Waals surface area contributed by atoms with E-state index in [2.05, 4.69) is 15.5 Å². The van der Waals surface area contributed by atoms with Crippen molar-refractivity contribution in [3.05, 3.63) is 52.8 Å². The van der Waals surface area contributed by atoms with Gasteiger partial charge < -0.3 is 15.1 Å². The zero-order chi connectivity index (χ0) is 19.5. The van der Waals surface area contributed by atoms with Gasteiger partial charge in [-0.05, 0) is 49.3 Å². The Morgan fingerprint density at radius 2 is 2.04 bits per heavy atom. The fourth-order valence-electron chi connectivity index (χ4n) is 4.26. The standard InChI is InChI=1S/C21H27N5O2/c1-15-19(14-23-24-15)17-7-11-26(12-8-17)21(28)22-9-13-25-10-6-16-4-2-3-5-18(16)20(25)27/h2-5,14,17H,6-13H2,1H3,(H,22,28)(H,23,24). The predicted molar refractivity (Wildman–Crippen MR) is 106 cm³/mol. The second kappa shape index (κ2) is 8.04. The quantitative estimate of drug-likeness (QED) is 0.853. The zero-order valence-corrected chi connectivity index (χ0v) is 16.3. The first-order valence-corrected chi connectivity index (χ1v) is 10.0. The first-order valence-electron chi connectivity index (χ1n) is 10.0. The van der Waals surface area contributed by atoms with Gasteiger partial charge in [-0.2, -0.15) is 5.10 Å². The van der Waals surface area contributed by atoms with Crippen LogP contribution in [0.3, 0.4) is 0 Å². The van der Waals surface area contributed by atoms with Crippen LogP contribution in [-0.4, -0.2) is 64.7 Å². The topological polar surface area (TPSA) is 81.3 Å². The molecule has 2 aliphatic heterocycles. The smallest absolute Gasteiger partial charge is 0.317 e. The lowest BCUT2D eigenvalue weighted by molar-refractivity contribution is 0.0740. The molecule has 0 bridgehead atoms. The second-order valence-corrected chi connectivity index (χ2v) is 7.64. The molecule has 0 aliphatic carbocycles. The minimum Gasteiger partial charge on any atom is -0.337 e. The number of benzene rings is 1. The van der Waals surface area contributed by atoms with E-state index in [0.717, 1.165) is 49.2 Å². The maximum atomic E-state index is 12.6. The third-order valence-corrected chi connectivity index (χ3v) is 5.93. The minimum atomic E-state index is -0.0350. The Kier molecular flexibility index (Phi) is 5.32. The molecule has 1 aromatic heterocycles. The first-order chi connectivity index (χ1) is 13.6. The lowest BCUT2D eigenvalue weighted by Gasteiger charge is -2.32. The van der Waals surface area contributed by atoms with Crippen molar-refractivity contribution in [3.63, 3.8) is 0 Å². The second-order valence-electron chi connectivity index (χ2n) is 7.64. The van der Waals surface area contributed by atoms with Crippen molar-refractivity contribution in [2.45, 2.75) is 32.1 Å². The van der Waals surface area contributed by atoms with Crippen molar-refractivity contribution < 1.29 is 9.59 Å². The summed E-state index contributed by atoms with van der Waals surface area (Å²) in [4.78, 5) is 28.7. The maximum Gasteiger partial charge on any atom is 0.317 e. The Hall–Kier alpha value is -2.83. The highest BCUT2D eigenvalue weighted by atomic mass is 16.2. The fraction of sp³-hybridized carbons (Fsp3) is 0.476. The van der Waals surface area contributed by atoms with Gasteiger partial charge in [0.25, 0.3) is 5.91 Å². The number of hydrogen-bond donors (Lipinski definition) is 2. The van der Waals surface area contributed by atoms with Crippen LogP contribution in [0, 0.1) is 6.92 Å². The summed E-state index contributed by atoms with van der Waals surface area (Å²) < 4.78 is 0. The number of nitrogens with one attached hydrogen (secondary N) is 2. The molecule has 3 heterocycles. The van der Waals surface area contributed by atoms with Gasteiger partial charge in [0.05, 0.1) is 6.20 Å². The van der Waals surface area contributed by atoms with Crippen LogP contribution in [0.2, 0.25) is 0 Å². The molecule has 0 saturated carbocycles. The van der Waals surface area contributed by atoms with E-state index in [-0.39, 0.29) is 11.9 Å². The number of H-pyrrole nitrogens is 1. The summed E-state index contributed by atoms with van der Waals surface area (Å²) in [5, 5.41) is 10.1. The summed E-state index contributed by atoms with van der Waals surface area (Å²) >= 11 is 0. The van der Waals surface area contributed by atoms with Crippen molar-refractivity contribution in [2.24, 2.45) is 0 Å². The molecular formula is C21H27N5O2. The van der Waals surface area contributed by atoms with E-state index in [1.807, 2.05) is 47.2 Å². The Labute approximate surface area is 165 Å².